The van der Waals surface area contributed by atoms with E-state index in [9.17, 15) is 4.79 Å². The molecule has 2 aliphatic rings. The molecule has 110 valence electrons. The third kappa shape index (κ3) is 4.79. The number of nitrogens with one attached hydrogen (secondary N) is 1. The van der Waals surface area contributed by atoms with Gasteiger partial charge < -0.3 is 11.1 Å². The van der Waals surface area contributed by atoms with Crippen molar-refractivity contribution in [1.29, 1.82) is 0 Å². The van der Waals surface area contributed by atoms with Gasteiger partial charge in [0.05, 0.1) is 6.04 Å². The van der Waals surface area contributed by atoms with Crippen molar-refractivity contribution in [2.24, 2.45) is 17.6 Å². The Morgan fingerprint density at radius 1 is 1.00 bits per heavy atom. The third-order valence-corrected chi connectivity index (χ3v) is 5.04. The Labute approximate surface area is 117 Å². The van der Waals surface area contributed by atoms with Crippen LogP contribution in [0.2, 0.25) is 0 Å². The fourth-order valence-corrected chi connectivity index (χ4v) is 3.70. The first-order valence-corrected chi connectivity index (χ1v) is 8.30. The minimum atomic E-state index is -0.272. The topological polar surface area (TPSA) is 55.1 Å². The van der Waals surface area contributed by atoms with Crippen LogP contribution in [0.25, 0.3) is 0 Å². The van der Waals surface area contributed by atoms with Crippen molar-refractivity contribution in [3.63, 3.8) is 0 Å². The quantitative estimate of drug-likeness (QED) is 0.803. The number of amides is 1. The number of hydrogen-bond donors (Lipinski definition) is 2. The van der Waals surface area contributed by atoms with Gasteiger partial charge in [-0.1, -0.05) is 51.4 Å². The van der Waals surface area contributed by atoms with Gasteiger partial charge in [0.2, 0.25) is 5.91 Å². The summed E-state index contributed by atoms with van der Waals surface area (Å²) in [6.07, 6.45) is 14.1. The predicted octanol–water partition coefficient (Wildman–Crippen LogP) is 2.98. The van der Waals surface area contributed by atoms with Crippen LogP contribution < -0.4 is 11.1 Å². The molecule has 0 saturated heterocycles. The van der Waals surface area contributed by atoms with E-state index in [1.807, 2.05) is 0 Å². The molecule has 0 aromatic heterocycles. The van der Waals surface area contributed by atoms with E-state index < -0.39 is 0 Å². The van der Waals surface area contributed by atoms with E-state index in [4.69, 9.17) is 5.73 Å². The van der Waals surface area contributed by atoms with Crippen LogP contribution >= 0.6 is 0 Å². The first kappa shape index (κ1) is 14.8. The summed E-state index contributed by atoms with van der Waals surface area (Å²) in [4.78, 5) is 12.0. The van der Waals surface area contributed by atoms with Crippen molar-refractivity contribution in [1.82, 2.24) is 5.32 Å². The van der Waals surface area contributed by atoms with Gasteiger partial charge in [-0.2, -0.15) is 0 Å². The van der Waals surface area contributed by atoms with Gasteiger partial charge in [0, 0.05) is 6.54 Å². The highest BCUT2D eigenvalue weighted by atomic mass is 16.2. The molecule has 0 aromatic carbocycles. The molecule has 2 aliphatic carbocycles. The van der Waals surface area contributed by atoms with Crippen LogP contribution in [0.5, 0.6) is 0 Å². The van der Waals surface area contributed by atoms with E-state index in [1.54, 1.807) is 0 Å². The predicted molar refractivity (Wildman–Crippen MR) is 78.8 cm³/mol. The fourth-order valence-electron chi connectivity index (χ4n) is 3.70. The highest BCUT2D eigenvalue weighted by Crippen LogP contribution is 2.27. The van der Waals surface area contributed by atoms with Gasteiger partial charge in [-0.15, -0.1) is 0 Å². The molecule has 1 amide bonds. The second-order valence-corrected chi connectivity index (χ2v) is 6.51. The van der Waals surface area contributed by atoms with E-state index in [0.29, 0.717) is 5.92 Å². The average Bonchev–Trinajstić information content (AvgIpc) is 2.48. The second-order valence-electron chi connectivity index (χ2n) is 6.51. The Bertz CT molecular complexity index is 268. The fraction of sp³-hybridized carbons (Fsp3) is 0.938. The zero-order valence-corrected chi connectivity index (χ0v) is 12.2. The van der Waals surface area contributed by atoms with Crippen molar-refractivity contribution in [3.8, 4) is 0 Å². The molecular weight excluding hydrogens is 236 g/mol. The Morgan fingerprint density at radius 2 is 1.58 bits per heavy atom. The maximum Gasteiger partial charge on any atom is 0.237 e. The van der Waals surface area contributed by atoms with Crippen LogP contribution in [0.1, 0.15) is 70.6 Å². The molecule has 2 saturated carbocycles. The third-order valence-electron chi connectivity index (χ3n) is 5.04. The summed E-state index contributed by atoms with van der Waals surface area (Å²) in [6, 6.07) is -0.272. The minimum absolute atomic E-state index is 0.0858. The van der Waals surface area contributed by atoms with E-state index >= 15 is 0 Å². The van der Waals surface area contributed by atoms with Crippen molar-refractivity contribution in [3.05, 3.63) is 0 Å². The molecule has 0 radical (unpaired) electrons. The van der Waals surface area contributed by atoms with E-state index in [0.717, 1.165) is 31.7 Å². The summed E-state index contributed by atoms with van der Waals surface area (Å²) in [5, 5.41) is 3.06. The summed E-state index contributed by atoms with van der Waals surface area (Å²) in [6.45, 7) is 0.823. The highest BCUT2D eigenvalue weighted by Gasteiger charge is 2.26. The summed E-state index contributed by atoms with van der Waals surface area (Å²) in [7, 11) is 0. The van der Waals surface area contributed by atoms with Crippen molar-refractivity contribution in [2.75, 3.05) is 6.54 Å². The number of rotatable bonds is 5. The van der Waals surface area contributed by atoms with Gasteiger partial charge in [0.1, 0.15) is 0 Å². The molecule has 1 unspecified atom stereocenters. The van der Waals surface area contributed by atoms with Crippen LogP contribution in [0.4, 0.5) is 0 Å². The van der Waals surface area contributed by atoms with E-state index in [-0.39, 0.29) is 11.9 Å². The molecule has 3 nitrogen and oxygen atoms in total. The lowest BCUT2D eigenvalue weighted by atomic mass is 9.84. The summed E-state index contributed by atoms with van der Waals surface area (Å²) in [5.41, 5.74) is 6.10. The van der Waals surface area contributed by atoms with Crippen molar-refractivity contribution >= 4 is 5.91 Å². The Hall–Kier alpha value is -0.570. The Balaban J connectivity index is 1.62. The number of carbonyl (C=O) groups is 1. The highest BCUT2D eigenvalue weighted by molar-refractivity contribution is 5.81. The van der Waals surface area contributed by atoms with Gasteiger partial charge in [-0.3, -0.25) is 4.79 Å². The van der Waals surface area contributed by atoms with Gasteiger partial charge in [-0.25, -0.2) is 0 Å². The van der Waals surface area contributed by atoms with Crippen LogP contribution in [-0.2, 0) is 4.79 Å². The van der Waals surface area contributed by atoms with Crippen molar-refractivity contribution in [2.45, 2.75) is 76.7 Å². The minimum Gasteiger partial charge on any atom is -0.355 e. The van der Waals surface area contributed by atoms with Crippen LogP contribution in [0.15, 0.2) is 0 Å². The zero-order chi connectivity index (χ0) is 13.5. The molecule has 0 aromatic rings. The molecule has 1 atom stereocenters. The molecule has 3 N–H and O–H groups in total. The van der Waals surface area contributed by atoms with Gasteiger partial charge in [0.25, 0.3) is 0 Å². The molecule has 0 aliphatic heterocycles. The number of nitrogens with two attached hydrogens (primary N) is 1. The largest absolute Gasteiger partial charge is 0.355 e. The molecule has 19 heavy (non-hydrogen) atoms. The van der Waals surface area contributed by atoms with Crippen molar-refractivity contribution < 1.29 is 4.79 Å². The zero-order valence-electron chi connectivity index (χ0n) is 12.2. The average molecular weight is 266 g/mol. The standard InChI is InChI=1S/C16H30N2O/c17-15(14-9-5-2-6-10-14)16(19)18-12-11-13-7-3-1-4-8-13/h13-15H,1-12,17H2,(H,18,19). The number of carbonyl (C=O) groups excluding carboxylic acids is 1. The van der Waals surface area contributed by atoms with Gasteiger partial charge in [-0.05, 0) is 31.1 Å². The Kier molecular flexibility index (Phi) is 6.15. The van der Waals surface area contributed by atoms with E-state index in [1.165, 1.54) is 51.4 Å². The van der Waals surface area contributed by atoms with Gasteiger partial charge >= 0.3 is 0 Å². The SMILES string of the molecule is NC(C(=O)NCCC1CCCCC1)C1CCCCC1. The maximum atomic E-state index is 12.0. The monoisotopic (exact) mass is 266 g/mol. The lowest BCUT2D eigenvalue weighted by molar-refractivity contribution is -0.123. The lowest BCUT2D eigenvalue weighted by Gasteiger charge is -2.27. The molecule has 0 bridgehead atoms. The van der Waals surface area contributed by atoms with E-state index in [2.05, 4.69) is 5.32 Å². The summed E-state index contributed by atoms with van der Waals surface area (Å²) in [5.74, 6) is 1.34. The molecule has 0 heterocycles. The smallest absolute Gasteiger partial charge is 0.237 e. The normalized spacial score (nSPS) is 24.1. The van der Waals surface area contributed by atoms with Crippen LogP contribution in [0, 0.1) is 11.8 Å². The first-order chi connectivity index (χ1) is 9.27. The number of hydrogen-bond acceptors (Lipinski definition) is 2. The second kappa shape index (κ2) is 7.88. The van der Waals surface area contributed by atoms with Gasteiger partial charge in [0.15, 0.2) is 0 Å². The first-order valence-electron chi connectivity index (χ1n) is 8.30. The molecule has 0 spiro atoms. The maximum absolute atomic E-state index is 12.0. The summed E-state index contributed by atoms with van der Waals surface area (Å²) < 4.78 is 0. The molecular formula is C16H30N2O. The molecule has 3 heteroatoms. The lowest BCUT2D eigenvalue weighted by Crippen LogP contribution is -2.46. The molecule has 2 rings (SSSR count). The van der Waals surface area contributed by atoms with Crippen LogP contribution in [-0.4, -0.2) is 18.5 Å². The Morgan fingerprint density at radius 3 is 2.21 bits per heavy atom. The van der Waals surface area contributed by atoms with Crippen LogP contribution in [0.3, 0.4) is 0 Å². The molecule has 2 fully saturated rings. The summed E-state index contributed by atoms with van der Waals surface area (Å²) >= 11 is 0.